The highest BCUT2D eigenvalue weighted by Crippen LogP contribution is 2.52. The number of nitrogens with zero attached hydrogens (tertiary/aromatic N) is 4. The van der Waals surface area contributed by atoms with Gasteiger partial charge in [-0.15, -0.1) is 5.06 Å². The molecule has 5 atom stereocenters. The average Bonchev–Trinajstić information content (AvgIpc) is 3.82. The molecular weight excluding hydrogens is 914 g/mol. The van der Waals surface area contributed by atoms with Crippen LogP contribution in [0.15, 0.2) is 119 Å². The first-order valence-electron chi connectivity index (χ1n) is 23.7. The molecule has 0 bridgehead atoms. The average molecular weight is 976 g/mol. The van der Waals surface area contributed by atoms with Gasteiger partial charge in [-0.05, 0) is 93.1 Å². The quantitative estimate of drug-likeness (QED) is 0.0268. The number of methoxy groups -OCH3 is 2. The van der Waals surface area contributed by atoms with Gasteiger partial charge in [0.1, 0.15) is 29.3 Å². The number of carbonyl (C=O) groups is 2. The van der Waals surface area contributed by atoms with Crippen molar-refractivity contribution in [3.63, 3.8) is 0 Å². The smallest absolute Gasteiger partial charge is 0.330 e. The Balaban J connectivity index is 1.39. The molecule has 2 amide bonds. The molecule has 1 aromatic heterocycles. The molecular formula is C53H62N5O11P. The van der Waals surface area contributed by atoms with Crippen LogP contribution in [0.4, 0.5) is 0 Å². The Kier molecular flexibility index (Phi) is 17.6. The maximum Gasteiger partial charge on any atom is 0.330 e. The number of aromatic nitrogens is 2. The summed E-state index contributed by atoms with van der Waals surface area (Å²) in [5.74, 6) is -0.105. The van der Waals surface area contributed by atoms with Crippen LogP contribution >= 0.6 is 8.53 Å². The highest BCUT2D eigenvalue weighted by Gasteiger charge is 2.54. The second-order valence-corrected chi connectivity index (χ2v) is 19.0. The third kappa shape index (κ3) is 11.1. The molecule has 1 fully saturated rings. The van der Waals surface area contributed by atoms with E-state index >= 15 is 0 Å². The number of rotatable bonds is 24. The second kappa shape index (κ2) is 23.7. The van der Waals surface area contributed by atoms with Gasteiger partial charge in [0.2, 0.25) is 0 Å². The van der Waals surface area contributed by atoms with Gasteiger partial charge in [0.05, 0.1) is 51.1 Å². The lowest BCUT2D eigenvalue weighted by molar-refractivity contribution is -0.177. The number of aryl methyl sites for hydroxylation is 1. The van der Waals surface area contributed by atoms with Gasteiger partial charge in [-0.25, -0.2) is 9.46 Å². The molecule has 1 saturated heterocycles. The number of nitriles is 1. The number of fused-ring (bicyclic) bond motifs is 1. The summed E-state index contributed by atoms with van der Waals surface area (Å²) in [5.41, 5.74) is 0.537. The van der Waals surface area contributed by atoms with Gasteiger partial charge in [-0.1, -0.05) is 92.9 Å². The number of benzene rings is 4. The molecule has 1 N–H and O–H groups in total. The molecule has 2 aliphatic heterocycles. The number of carbonyl (C=O) groups excluding carboxylic acids is 2. The van der Waals surface area contributed by atoms with Gasteiger partial charge in [0, 0.05) is 24.3 Å². The SMILES string of the molecule is CCCCCCc1cccc2c1C(=O)N(O[C@@H]1[C@H](OP(OCCC#N)N(C(C)C)C(C)C)[C@@H](COC(c3ccccc3)(c3ccc(OC)cc3)c3ccc(OC)cc3)O[C@H]1n1ccc(=O)[nH]c1=O)C2=O. The van der Waals surface area contributed by atoms with Gasteiger partial charge in [0.15, 0.2) is 12.3 Å². The summed E-state index contributed by atoms with van der Waals surface area (Å²) in [7, 11) is 1.12. The van der Waals surface area contributed by atoms with Crippen molar-refractivity contribution >= 4 is 20.3 Å². The number of ether oxygens (including phenoxy) is 4. The zero-order valence-electron chi connectivity index (χ0n) is 40.7. The predicted molar refractivity (Wildman–Crippen MR) is 263 cm³/mol. The molecule has 7 rings (SSSR count). The number of H-pyrrole nitrogens is 1. The molecule has 17 heteroatoms. The third-order valence-corrected chi connectivity index (χ3v) is 14.5. The van der Waals surface area contributed by atoms with Crippen LogP contribution < -0.4 is 20.7 Å². The number of unbranched alkanes of at least 4 members (excludes halogenated alkanes) is 3. The van der Waals surface area contributed by atoms with Crippen LogP contribution in [0.25, 0.3) is 0 Å². The first-order chi connectivity index (χ1) is 33.9. The summed E-state index contributed by atoms with van der Waals surface area (Å²) in [6.45, 7) is 9.86. The molecule has 370 valence electrons. The van der Waals surface area contributed by atoms with Crippen molar-refractivity contribution in [3.05, 3.63) is 164 Å². The summed E-state index contributed by atoms with van der Waals surface area (Å²) in [6, 6.07) is 32.9. The van der Waals surface area contributed by atoms with E-state index in [1.165, 1.54) is 12.3 Å². The topological polar surface area (TPSA) is 184 Å². The summed E-state index contributed by atoms with van der Waals surface area (Å²) in [5, 5.41) is 10.3. The van der Waals surface area contributed by atoms with Crippen LogP contribution in [0.5, 0.6) is 11.5 Å². The molecule has 0 spiro atoms. The molecule has 4 aromatic carbocycles. The Morgan fingerprint density at radius 3 is 2.01 bits per heavy atom. The summed E-state index contributed by atoms with van der Waals surface area (Å²) in [4.78, 5) is 64.4. The van der Waals surface area contributed by atoms with Crippen LogP contribution in [-0.2, 0) is 35.4 Å². The summed E-state index contributed by atoms with van der Waals surface area (Å²) < 4.78 is 42.2. The zero-order valence-corrected chi connectivity index (χ0v) is 41.6. The number of aromatic amines is 1. The van der Waals surface area contributed by atoms with Crippen molar-refractivity contribution in [2.45, 2.75) is 115 Å². The molecule has 1 unspecified atom stereocenters. The first-order valence-corrected chi connectivity index (χ1v) is 24.9. The Bertz CT molecular complexity index is 2650. The van der Waals surface area contributed by atoms with Crippen LogP contribution in [0, 0.1) is 11.3 Å². The van der Waals surface area contributed by atoms with Crippen molar-refractivity contribution in [2.24, 2.45) is 0 Å². The monoisotopic (exact) mass is 975 g/mol. The van der Waals surface area contributed by atoms with Gasteiger partial charge < -0.3 is 28.0 Å². The predicted octanol–water partition coefficient (Wildman–Crippen LogP) is 8.84. The van der Waals surface area contributed by atoms with Gasteiger partial charge >= 0.3 is 5.69 Å². The maximum absolute atomic E-state index is 14.6. The Morgan fingerprint density at radius 1 is 0.786 bits per heavy atom. The fraction of sp³-hybridized carbons (Fsp3) is 0.415. The minimum Gasteiger partial charge on any atom is -0.497 e. The van der Waals surface area contributed by atoms with E-state index in [0.717, 1.165) is 57.6 Å². The van der Waals surface area contributed by atoms with Crippen molar-refractivity contribution < 1.29 is 42.4 Å². The number of hydrogen-bond acceptors (Lipinski definition) is 13. The molecule has 0 aliphatic carbocycles. The highest BCUT2D eigenvalue weighted by atomic mass is 31.2. The normalized spacial score (nSPS) is 18.4. The van der Waals surface area contributed by atoms with E-state index in [9.17, 15) is 24.4 Å². The minimum atomic E-state index is -2.06. The van der Waals surface area contributed by atoms with Gasteiger partial charge in [0.25, 0.3) is 25.9 Å². The molecule has 0 radical (unpaired) electrons. The third-order valence-electron chi connectivity index (χ3n) is 12.4. The summed E-state index contributed by atoms with van der Waals surface area (Å²) in [6.07, 6.45) is 0.533. The Morgan fingerprint density at radius 2 is 1.43 bits per heavy atom. The molecule has 70 heavy (non-hydrogen) atoms. The number of hydrogen-bond donors (Lipinski definition) is 1. The van der Waals surface area contributed by atoms with Crippen LogP contribution in [0.1, 0.15) is 116 Å². The molecule has 2 aliphatic rings. The van der Waals surface area contributed by atoms with Crippen molar-refractivity contribution in [3.8, 4) is 17.6 Å². The van der Waals surface area contributed by atoms with E-state index in [1.54, 1.807) is 26.4 Å². The fourth-order valence-corrected chi connectivity index (χ4v) is 10.9. The minimum absolute atomic E-state index is 0.0206. The van der Waals surface area contributed by atoms with E-state index in [4.69, 9.17) is 32.8 Å². The van der Waals surface area contributed by atoms with E-state index in [-0.39, 0.29) is 42.8 Å². The molecule has 16 nitrogen and oxygen atoms in total. The summed E-state index contributed by atoms with van der Waals surface area (Å²) >= 11 is 0. The lowest BCUT2D eigenvalue weighted by atomic mass is 9.80. The van der Waals surface area contributed by atoms with Crippen molar-refractivity contribution in [1.82, 2.24) is 19.3 Å². The largest absolute Gasteiger partial charge is 0.497 e. The van der Waals surface area contributed by atoms with Crippen molar-refractivity contribution in [2.75, 3.05) is 27.4 Å². The van der Waals surface area contributed by atoms with Gasteiger partial charge in [-0.2, -0.15) is 5.26 Å². The van der Waals surface area contributed by atoms with Crippen LogP contribution in [0.3, 0.4) is 0 Å². The number of nitrogens with one attached hydrogen (secondary N) is 1. The Hall–Kier alpha value is -6.02. The standard InChI is InChI=1S/C53H62N5O11P/c1-8-9-10-12-17-37-18-15-21-43-46(37)50(61)57(49(43)60)68-48-47(69-70(66-33-16-31-54)58(35(2)3)36(4)5)44(67-51(48)56-32-30-45(59)55-52(56)62)34-65-53(38-19-13-11-14-20-38,39-22-26-41(63-6)27-23-39)40-24-28-42(64-7)29-25-40/h11,13-15,18-30,32,35-36,44,47-48,51H,8-10,12,16-17,33-34H2,1-7H3,(H,55,59,62)/t44-,47-,48-,51-,70?/m1/s1. The van der Waals surface area contributed by atoms with E-state index in [2.05, 4.69) is 18.0 Å². The molecule has 0 saturated carbocycles. The highest BCUT2D eigenvalue weighted by molar-refractivity contribution is 7.44. The van der Waals surface area contributed by atoms with Gasteiger partial charge in [-0.3, -0.25) is 28.8 Å². The van der Waals surface area contributed by atoms with E-state index in [1.807, 2.05) is 117 Å². The van der Waals surface area contributed by atoms with E-state index in [0.29, 0.717) is 17.9 Å². The fourth-order valence-electron chi connectivity index (χ4n) is 9.12. The molecule has 3 heterocycles. The Labute approximate surface area is 409 Å². The maximum atomic E-state index is 14.6. The molecule has 5 aromatic rings. The lowest BCUT2D eigenvalue weighted by Crippen LogP contribution is -2.47. The number of imide groups is 1. The van der Waals surface area contributed by atoms with Crippen LogP contribution in [0.2, 0.25) is 0 Å². The zero-order chi connectivity index (χ0) is 50.0. The number of hydroxylamine groups is 2. The van der Waals surface area contributed by atoms with Crippen molar-refractivity contribution in [1.29, 1.82) is 5.26 Å². The second-order valence-electron chi connectivity index (χ2n) is 17.6. The van der Waals surface area contributed by atoms with Crippen LogP contribution in [-0.4, -0.2) is 88.9 Å². The number of amides is 2. The first kappa shape index (κ1) is 51.8. The lowest BCUT2D eigenvalue weighted by Gasteiger charge is -2.39. The van der Waals surface area contributed by atoms with E-state index < -0.39 is 61.7 Å².